The number of rotatable bonds is 2. The molecule has 6 heteroatoms. The summed E-state index contributed by atoms with van der Waals surface area (Å²) in [4.78, 5) is 14.7. The number of nitrogens with zero attached hydrogens (tertiary/aromatic N) is 3. The van der Waals surface area contributed by atoms with E-state index in [4.69, 9.17) is 11.6 Å². The summed E-state index contributed by atoms with van der Waals surface area (Å²) >= 11 is 5.99. The maximum Gasteiger partial charge on any atom is 0.288 e. The number of hydrogen-bond donors (Lipinski definition) is 0. The smallest absolute Gasteiger partial charge is 0.288 e. The lowest BCUT2D eigenvalue weighted by Gasteiger charge is -2.09. The Balaban J connectivity index is 2.25. The number of hydrogen-bond acceptors (Lipinski definition) is 3. The van der Waals surface area contributed by atoms with Gasteiger partial charge in [-0.15, -0.1) is 0 Å². The number of fused-ring (bicyclic) bond motifs is 1. The summed E-state index contributed by atoms with van der Waals surface area (Å²) in [6.07, 6.45) is 1.69. The fourth-order valence-corrected chi connectivity index (χ4v) is 2.43. The first-order chi connectivity index (χ1) is 9.58. The van der Waals surface area contributed by atoms with Crippen LogP contribution < -0.4 is 0 Å². The van der Waals surface area contributed by atoms with Crippen LogP contribution in [0.3, 0.4) is 0 Å². The molecule has 0 amide bonds. The zero-order valence-corrected chi connectivity index (χ0v) is 11.3. The molecule has 0 aliphatic rings. The fraction of sp³-hybridized carbons (Fsp3) is 0.0714. The third-order valence-corrected chi connectivity index (χ3v) is 3.48. The molecule has 1 heterocycles. The zero-order valence-electron chi connectivity index (χ0n) is 10.6. The van der Waals surface area contributed by atoms with Gasteiger partial charge in [-0.1, -0.05) is 23.7 Å². The maximum absolute atomic E-state index is 10.9. The predicted molar refractivity (Wildman–Crippen MR) is 77.5 cm³/mol. The average Bonchev–Trinajstić information content (AvgIpc) is 2.84. The summed E-state index contributed by atoms with van der Waals surface area (Å²) in [5.74, 6) is 0. The SMILES string of the molecule is Cc1cc([N+](=O)[O-])c(Cl)cc1-n1cnc2ccccc21. The van der Waals surface area contributed by atoms with Gasteiger partial charge >= 0.3 is 0 Å². The summed E-state index contributed by atoms with van der Waals surface area (Å²) in [5, 5.41) is 11.0. The van der Waals surface area contributed by atoms with Gasteiger partial charge in [0, 0.05) is 6.07 Å². The number of halogens is 1. The molecular weight excluding hydrogens is 278 g/mol. The Morgan fingerprint density at radius 1 is 1.30 bits per heavy atom. The van der Waals surface area contributed by atoms with E-state index < -0.39 is 4.92 Å². The fourth-order valence-electron chi connectivity index (χ4n) is 2.21. The van der Waals surface area contributed by atoms with Gasteiger partial charge in [0.05, 0.1) is 21.6 Å². The normalized spacial score (nSPS) is 10.9. The minimum atomic E-state index is -0.481. The Morgan fingerprint density at radius 3 is 2.80 bits per heavy atom. The highest BCUT2D eigenvalue weighted by Gasteiger charge is 2.16. The molecule has 0 bridgehead atoms. The summed E-state index contributed by atoms with van der Waals surface area (Å²) in [5.41, 5.74) is 3.26. The number of para-hydroxylation sites is 2. The van der Waals surface area contributed by atoms with E-state index in [0.29, 0.717) is 0 Å². The van der Waals surface area contributed by atoms with Gasteiger partial charge in [0.25, 0.3) is 5.69 Å². The van der Waals surface area contributed by atoms with Crippen LogP contribution in [-0.2, 0) is 0 Å². The molecule has 0 unspecified atom stereocenters. The molecular formula is C14H10ClN3O2. The van der Waals surface area contributed by atoms with E-state index in [-0.39, 0.29) is 10.7 Å². The lowest BCUT2D eigenvalue weighted by molar-refractivity contribution is -0.384. The number of benzene rings is 2. The van der Waals surface area contributed by atoms with Crippen LogP contribution >= 0.6 is 11.6 Å². The molecule has 100 valence electrons. The van der Waals surface area contributed by atoms with Gasteiger partial charge < -0.3 is 0 Å². The lowest BCUT2D eigenvalue weighted by atomic mass is 10.1. The zero-order chi connectivity index (χ0) is 14.3. The monoisotopic (exact) mass is 287 g/mol. The van der Waals surface area contributed by atoms with Gasteiger partial charge in [0.1, 0.15) is 11.3 Å². The van der Waals surface area contributed by atoms with Crippen LogP contribution in [-0.4, -0.2) is 14.5 Å². The molecule has 0 saturated carbocycles. The first-order valence-electron chi connectivity index (χ1n) is 5.95. The van der Waals surface area contributed by atoms with E-state index in [0.717, 1.165) is 22.3 Å². The first-order valence-corrected chi connectivity index (χ1v) is 6.32. The third kappa shape index (κ3) is 1.92. The molecule has 0 saturated heterocycles. The van der Waals surface area contributed by atoms with Crippen LogP contribution in [0.2, 0.25) is 5.02 Å². The molecule has 2 aromatic carbocycles. The molecule has 0 fully saturated rings. The molecule has 0 aliphatic carbocycles. The largest absolute Gasteiger partial charge is 0.299 e. The number of aryl methyl sites for hydroxylation is 1. The lowest BCUT2D eigenvalue weighted by Crippen LogP contribution is -1.98. The quantitative estimate of drug-likeness (QED) is 0.530. The molecule has 0 spiro atoms. The van der Waals surface area contributed by atoms with Gasteiger partial charge in [-0.25, -0.2) is 4.98 Å². The van der Waals surface area contributed by atoms with Crippen molar-refractivity contribution in [1.82, 2.24) is 9.55 Å². The topological polar surface area (TPSA) is 61.0 Å². The van der Waals surface area contributed by atoms with Crippen LogP contribution in [0.4, 0.5) is 5.69 Å². The standard InChI is InChI=1S/C14H10ClN3O2/c1-9-6-14(18(19)20)10(15)7-13(9)17-8-16-11-4-2-3-5-12(11)17/h2-8H,1H3. The highest BCUT2D eigenvalue weighted by molar-refractivity contribution is 6.32. The Bertz CT molecular complexity index is 826. The van der Waals surface area contributed by atoms with Crippen LogP contribution in [0.15, 0.2) is 42.7 Å². The van der Waals surface area contributed by atoms with E-state index in [2.05, 4.69) is 4.98 Å². The Kier molecular flexibility index (Phi) is 2.91. The van der Waals surface area contributed by atoms with Crippen molar-refractivity contribution in [2.45, 2.75) is 6.92 Å². The molecule has 0 radical (unpaired) electrons. The van der Waals surface area contributed by atoms with Crippen LogP contribution in [0.1, 0.15) is 5.56 Å². The summed E-state index contributed by atoms with van der Waals surface area (Å²) in [6.45, 7) is 1.81. The van der Waals surface area contributed by atoms with Crippen molar-refractivity contribution in [2.24, 2.45) is 0 Å². The first kappa shape index (κ1) is 12.6. The minimum Gasteiger partial charge on any atom is -0.299 e. The number of imidazole rings is 1. The number of aromatic nitrogens is 2. The highest BCUT2D eigenvalue weighted by Crippen LogP contribution is 2.31. The Hall–Kier alpha value is -2.40. The van der Waals surface area contributed by atoms with Crippen molar-refractivity contribution < 1.29 is 4.92 Å². The molecule has 5 nitrogen and oxygen atoms in total. The second kappa shape index (κ2) is 4.61. The second-order valence-corrected chi connectivity index (χ2v) is 4.86. The van der Waals surface area contributed by atoms with Crippen molar-refractivity contribution in [3.63, 3.8) is 0 Å². The number of nitro groups is 1. The molecule has 3 aromatic rings. The van der Waals surface area contributed by atoms with Crippen LogP contribution in [0, 0.1) is 17.0 Å². The second-order valence-electron chi connectivity index (χ2n) is 4.45. The van der Waals surface area contributed by atoms with Crippen LogP contribution in [0.5, 0.6) is 0 Å². The minimum absolute atomic E-state index is 0.0858. The summed E-state index contributed by atoms with van der Waals surface area (Å²) in [6, 6.07) is 10.8. The van der Waals surface area contributed by atoms with Crippen molar-refractivity contribution in [2.75, 3.05) is 0 Å². The van der Waals surface area contributed by atoms with Crippen LogP contribution in [0.25, 0.3) is 16.7 Å². The highest BCUT2D eigenvalue weighted by atomic mass is 35.5. The van der Waals surface area contributed by atoms with Crippen molar-refractivity contribution >= 4 is 28.3 Å². The summed E-state index contributed by atoms with van der Waals surface area (Å²) < 4.78 is 1.88. The van der Waals surface area contributed by atoms with Crippen molar-refractivity contribution in [1.29, 1.82) is 0 Å². The van der Waals surface area contributed by atoms with Crippen molar-refractivity contribution in [3.05, 3.63) is 63.4 Å². The third-order valence-electron chi connectivity index (χ3n) is 3.18. The molecule has 0 N–H and O–H groups in total. The van der Waals surface area contributed by atoms with Gasteiger partial charge in [-0.2, -0.15) is 0 Å². The average molecular weight is 288 g/mol. The molecule has 0 atom stereocenters. The van der Waals surface area contributed by atoms with Gasteiger partial charge in [0.2, 0.25) is 0 Å². The van der Waals surface area contributed by atoms with E-state index in [1.54, 1.807) is 12.4 Å². The molecule has 0 aliphatic heterocycles. The predicted octanol–water partition coefficient (Wildman–Crippen LogP) is 3.90. The van der Waals surface area contributed by atoms with Gasteiger partial charge in [-0.3, -0.25) is 14.7 Å². The van der Waals surface area contributed by atoms with E-state index >= 15 is 0 Å². The maximum atomic E-state index is 10.9. The number of nitro benzene ring substituents is 1. The van der Waals surface area contributed by atoms with Crippen molar-refractivity contribution in [3.8, 4) is 5.69 Å². The summed E-state index contributed by atoms with van der Waals surface area (Å²) in [7, 11) is 0. The van der Waals surface area contributed by atoms with Gasteiger partial charge in [0.15, 0.2) is 0 Å². The van der Waals surface area contributed by atoms with E-state index in [1.165, 1.54) is 6.07 Å². The van der Waals surface area contributed by atoms with Gasteiger partial charge in [-0.05, 0) is 30.7 Å². The molecule has 3 rings (SSSR count). The molecule has 20 heavy (non-hydrogen) atoms. The van der Waals surface area contributed by atoms with E-state index in [9.17, 15) is 10.1 Å². The Labute approximate surface area is 119 Å². The van der Waals surface area contributed by atoms with E-state index in [1.807, 2.05) is 35.8 Å². The molecule has 1 aromatic heterocycles. The Morgan fingerprint density at radius 2 is 2.05 bits per heavy atom.